The molecule has 0 aromatic carbocycles. The first kappa shape index (κ1) is 77.5. The van der Waals surface area contributed by atoms with Gasteiger partial charge in [0, 0.05) is 19.3 Å². The van der Waals surface area contributed by atoms with Gasteiger partial charge in [-0.25, -0.2) is 0 Å². The Balaban J connectivity index is 4.12. The molecule has 1 unspecified atom stereocenters. The van der Waals surface area contributed by atoms with Crippen LogP contribution in [0, 0.1) is 0 Å². The van der Waals surface area contributed by atoms with Gasteiger partial charge in [0.2, 0.25) is 0 Å². The fourth-order valence-electron chi connectivity index (χ4n) is 9.36. The third kappa shape index (κ3) is 66.4. The smallest absolute Gasteiger partial charge is 0.306 e. The fraction of sp³-hybridized carbons (Fsp3) is 0.671. The standard InChI is InChI=1S/C76H126O6/c1-4-7-10-13-16-19-21-23-25-27-29-31-32-33-34-35-36-37-38-39-40-41-42-43-44-46-47-49-51-53-55-57-60-63-66-69-75(78)81-72-73(71-80-74(77)68-65-62-59-18-15-12-9-6-3)82-76(79)70-67-64-61-58-56-54-52-50-48-45-30-28-26-24-22-20-17-14-11-8-5-2/h7-8,10-11,16-17,19-20,23-26,29-31,33-34,36-37,39-40,45,73H,4-6,9,12-15,18,21-22,27-28,32,35,38,41-44,46-72H2,1-3H3/b10-7-,11-8-,19-16-,20-17-,25-23-,26-24-,31-29-,34-33-,37-36-,40-39-,45-30-. The predicted molar refractivity (Wildman–Crippen MR) is 357 cm³/mol. The Morgan fingerprint density at radius 2 is 0.476 bits per heavy atom. The van der Waals surface area contributed by atoms with E-state index in [1.165, 1.54) is 135 Å². The minimum Gasteiger partial charge on any atom is -0.462 e. The van der Waals surface area contributed by atoms with E-state index < -0.39 is 6.10 Å². The van der Waals surface area contributed by atoms with Crippen LogP contribution in [0.5, 0.6) is 0 Å². The van der Waals surface area contributed by atoms with Crippen LogP contribution in [-0.2, 0) is 28.6 Å². The van der Waals surface area contributed by atoms with E-state index in [1.807, 2.05) is 0 Å². The largest absolute Gasteiger partial charge is 0.462 e. The van der Waals surface area contributed by atoms with Crippen molar-refractivity contribution in [3.63, 3.8) is 0 Å². The highest BCUT2D eigenvalue weighted by Gasteiger charge is 2.19. The highest BCUT2D eigenvalue weighted by Crippen LogP contribution is 2.16. The van der Waals surface area contributed by atoms with Gasteiger partial charge in [-0.2, -0.15) is 0 Å². The molecule has 0 aliphatic rings. The van der Waals surface area contributed by atoms with Crippen molar-refractivity contribution in [3.05, 3.63) is 134 Å². The molecule has 0 amide bonds. The summed E-state index contributed by atoms with van der Waals surface area (Å²) < 4.78 is 16.9. The zero-order valence-electron chi connectivity index (χ0n) is 53.5. The minimum atomic E-state index is -0.784. The summed E-state index contributed by atoms with van der Waals surface area (Å²) in [5, 5.41) is 0. The molecule has 0 bridgehead atoms. The van der Waals surface area contributed by atoms with Gasteiger partial charge < -0.3 is 14.2 Å². The van der Waals surface area contributed by atoms with Crippen molar-refractivity contribution in [2.45, 2.75) is 316 Å². The summed E-state index contributed by atoms with van der Waals surface area (Å²) in [5.74, 6) is -0.889. The lowest BCUT2D eigenvalue weighted by molar-refractivity contribution is -0.167. The average molecular weight is 1140 g/mol. The van der Waals surface area contributed by atoms with E-state index in [4.69, 9.17) is 14.2 Å². The van der Waals surface area contributed by atoms with E-state index in [0.29, 0.717) is 19.3 Å². The number of ether oxygens (including phenoxy) is 3. The van der Waals surface area contributed by atoms with Gasteiger partial charge in [0.05, 0.1) is 0 Å². The Hall–Kier alpha value is -4.45. The molecule has 0 heterocycles. The molecule has 1 atom stereocenters. The normalized spacial score (nSPS) is 13.0. The van der Waals surface area contributed by atoms with Crippen LogP contribution in [0.2, 0.25) is 0 Å². The number of hydrogen-bond donors (Lipinski definition) is 0. The van der Waals surface area contributed by atoms with Crippen LogP contribution in [0.3, 0.4) is 0 Å². The van der Waals surface area contributed by atoms with Crippen molar-refractivity contribution in [3.8, 4) is 0 Å². The molecule has 0 radical (unpaired) electrons. The summed E-state index contributed by atoms with van der Waals surface area (Å²) in [6.07, 6.45) is 97.7. The van der Waals surface area contributed by atoms with E-state index in [2.05, 4.69) is 154 Å². The van der Waals surface area contributed by atoms with Crippen molar-refractivity contribution in [2.24, 2.45) is 0 Å². The first-order valence-corrected chi connectivity index (χ1v) is 34.2. The van der Waals surface area contributed by atoms with Crippen molar-refractivity contribution >= 4 is 17.9 Å². The van der Waals surface area contributed by atoms with Crippen molar-refractivity contribution in [1.29, 1.82) is 0 Å². The molecule has 0 aliphatic carbocycles. The second-order valence-corrected chi connectivity index (χ2v) is 22.3. The average Bonchev–Trinajstić information content (AvgIpc) is 3.47. The zero-order chi connectivity index (χ0) is 59.2. The van der Waals surface area contributed by atoms with E-state index in [9.17, 15) is 14.4 Å². The highest BCUT2D eigenvalue weighted by atomic mass is 16.6. The lowest BCUT2D eigenvalue weighted by atomic mass is 10.0. The van der Waals surface area contributed by atoms with Crippen LogP contribution < -0.4 is 0 Å². The molecule has 0 spiro atoms. The summed E-state index contributed by atoms with van der Waals surface area (Å²) >= 11 is 0. The first-order chi connectivity index (χ1) is 40.5. The fourth-order valence-corrected chi connectivity index (χ4v) is 9.36. The van der Waals surface area contributed by atoms with Crippen LogP contribution in [0.25, 0.3) is 0 Å². The number of carbonyl (C=O) groups is 3. The number of rotatable bonds is 61. The second kappa shape index (κ2) is 69.0. The zero-order valence-corrected chi connectivity index (χ0v) is 53.5. The van der Waals surface area contributed by atoms with E-state index >= 15 is 0 Å². The van der Waals surface area contributed by atoms with E-state index in [-0.39, 0.29) is 31.1 Å². The van der Waals surface area contributed by atoms with Gasteiger partial charge in [0.25, 0.3) is 0 Å². The van der Waals surface area contributed by atoms with Crippen LogP contribution >= 0.6 is 0 Å². The third-order valence-corrected chi connectivity index (χ3v) is 14.4. The van der Waals surface area contributed by atoms with Gasteiger partial charge in [-0.05, 0) is 116 Å². The molecule has 0 N–H and O–H groups in total. The minimum absolute atomic E-state index is 0.0811. The molecular formula is C76H126O6. The van der Waals surface area contributed by atoms with Gasteiger partial charge in [-0.15, -0.1) is 0 Å². The van der Waals surface area contributed by atoms with Gasteiger partial charge >= 0.3 is 17.9 Å². The predicted octanol–water partition coefficient (Wildman–Crippen LogP) is 23.7. The number of hydrogen-bond acceptors (Lipinski definition) is 6. The summed E-state index contributed by atoms with van der Waals surface area (Å²) in [5.41, 5.74) is 0. The SMILES string of the molecule is CC/C=C\C/C=C\C/C=C\C/C=C\C/C=C\C/C=C\C/C=C\CCCCCCCCCCCCCCCC(=O)OCC(COC(=O)CCCCCCCCCC)OC(=O)CCCCCCCCCC/C=C\C/C=C\C/C=C\C/C=C\CC. The van der Waals surface area contributed by atoms with Gasteiger partial charge in [0.15, 0.2) is 6.10 Å². The van der Waals surface area contributed by atoms with Crippen LogP contribution in [0.15, 0.2) is 134 Å². The molecule has 0 rings (SSSR count). The molecule has 6 nitrogen and oxygen atoms in total. The molecule has 0 aromatic heterocycles. The summed E-state index contributed by atoms with van der Waals surface area (Å²) in [6.45, 7) is 6.39. The Morgan fingerprint density at radius 1 is 0.256 bits per heavy atom. The topological polar surface area (TPSA) is 78.9 Å². The molecule has 0 aliphatic heterocycles. The van der Waals surface area contributed by atoms with Crippen molar-refractivity contribution in [2.75, 3.05) is 13.2 Å². The molecule has 0 saturated carbocycles. The van der Waals surface area contributed by atoms with Gasteiger partial charge in [-0.1, -0.05) is 309 Å². The lowest BCUT2D eigenvalue weighted by Gasteiger charge is -2.18. The maximum absolute atomic E-state index is 12.9. The quantitative estimate of drug-likeness (QED) is 0.0261. The summed E-state index contributed by atoms with van der Waals surface area (Å²) in [4.78, 5) is 38.2. The molecular weight excluding hydrogens is 1010 g/mol. The summed E-state index contributed by atoms with van der Waals surface area (Å²) in [7, 11) is 0. The van der Waals surface area contributed by atoms with Crippen molar-refractivity contribution in [1.82, 2.24) is 0 Å². The maximum Gasteiger partial charge on any atom is 0.306 e. The Bertz CT molecular complexity index is 1730. The van der Waals surface area contributed by atoms with Crippen molar-refractivity contribution < 1.29 is 28.6 Å². The van der Waals surface area contributed by atoms with Gasteiger partial charge in [-0.3, -0.25) is 14.4 Å². The lowest BCUT2D eigenvalue weighted by Crippen LogP contribution is -2.30. The second-order valence-electron chi connectivity index (χ2n) is 22.3. The molecule has 6 heteroatoms. The summed E-state index contributed by atoms with van der Waals surface area (Å²) in [6, 6.07) is 0. The molecule has 0 saturated heterocycles. The molecule has 82 heavy (non-hydrogen) atoms. The number of carbonyl (C=O) groups excluding carboxylic acids is 3. The third-order valence-electron chi connectivity index (χ3n) is 14.4. The molecule has 466 valence electrons. The Morgan fingerprint density at radius 3 is 0.744 bits per heavy atom. The highest BCUT2D eigenvalue weighted by molar-refractivity contribution is 5.71. The van der Waals surface area contributed by atoms with Gasteiger partial charge in [0.1, 0.15) is 13.2 Å². The molecule has 0 aromatic rings. The Labute approximate surface area is 506 Å². The maximum atomic E-state index is 12.9. The van der Waals surface area contributed by atoms with Crippen LogP contribution in [-0.4, -0.2) is 37.2 Å². The van der Waals surface area contributed by atoms with Crippen LogP contribution in [0.4, 0.5) is 0 Å². The monoisotopic (exact) mass is 1130 g/mol. The molecule has 0 fully saturated rings. The Kier molecular flexibility index (Phi) is 65.3. The van der Waals surface area contributed by atoms with Crippen LogP contribution in [0.1, 0.15) is 310 Å². The number of unbranched alkanes of at least 4 members (excludes halogenated alkanes) is 28. The van der Waals surface area contributed by atoms with E-state index in [1.54, 1.807) is 0 Å². The van der Waals surface area contributed by atoms with E-state index in [0.717, 1.165) is 135 Å². The number of allylic oxidation sites excluding steroid dienone is 22. The first-order valence-electron chi connectivity index (χ1n) is 34.2. The number of esters is 3.